The van der Waals surface area contributed by atoms with E-state index in [1.165, 1.54) is 12.1 Å². The molecule has 0 bridgehead atoms. The van der Waals surface area contributed by atoms with Crippen LogP contribution in [0, 0.1) is 0 Å². The van der Waals surface area contributed by atoms with Crippen molar-refractivity contribution in [2.75, 3.05) is 13.1 Å². The summed E-state index contributed by atoms with van der Waals surface area (Å²) in [5, 5.41) is 0.512. The zero-order chi connectivity index (χ0) is 17.5. The zero-order valence-electron chi connectivity index (χ0n) is 12.2. The van der Waals surface area contributed by atoms with Crippen LogP contribution in [0.25, 0.3) is 11.0 Å². The first-order valence-electron chi connectivity index (χ1n) is 6.96. The molecule has 130 valence electrons. The molecule has 0 saturated carbocycles. The van der Waals surface area contributed by atoms with Gasteiger partial charge in [-0.1, -0.05) is 0 Å². The van der Waals surface area contributed by atoms with Crippen LogP contribution in [0.3, 0.4) is 0 Å². The van der Waals surface area contributed by atoms with Gasteiger partial charge in [0.1, 0.15) is 11.3 Å². The van der Waals surface area contributed by atoms with E-state index in [4.69, 9.17) is 4.42 Å². The first-order chi connectivity index (χ1) is 11.2. The number of rotatable bonds is 4. The Balaban J connectivity index is 1.98. The third-order valence-electron chi connectivity index (χ3n) is 3.63. The van der Waals surface area contributed by atoms with Crippen molar-refractivity contribution in [3.63, 3.8) is 0 Å². The minimum absolute atomic E-state index is 0.0344. The van der Waals surface area contributed by atoms with E-state index >= 15 is 0 Å². The van der Waals surface area contributed by atoms with Gasteiger partial charge in [0.2, 0.25) is 0 Å². The standard InChI is InChI=1S/C14H12F3NO5S/c15-14(16,17)24(20,21)23-10-2-3-11-9(8-18-4-1-5-18)6-13(19)22-12(11)7-10/h2-3,6-7H,1,4-5,8H2. The highest BCUT2D eigenvalue weighted by Crippen LogP contribution is 2.29. The van der Waals surface area contributed by atoms with Crippen molar-refractivity contribution in [2.45, 2.75) is 18.5 Å². The lowest BCUT2D eigenvalue weighted by atomic mass is 10.1. The molecular weight excluding hydrogens is 351 g/mol. The molecule has 10 heteroatoms. The topological polar surface area (TPSA) is 76.8 Å². The number of halogens is 3. The van der Waals surface area contributed by atoms with Crippen LogP contribution in [-0.4, -0.2) is 31.9 Å². The average Bonchev–Trinajstić information content (AvgIpc) is 2.40. The minimum atomic E-state index is -5.78. The molecule has 1 fully saturated rings. The van der Waals surface area contributed by atoms with Crippen LogP contribution in [0.1, 0.15) is 12.0 Å². The van der Waals surface area contributed by atoms with Crippen molar-refractivity contribution in [2.24, 2.45) is 0 Å². The quantitative estimate of drug-likeness (QED) is 0.471. The van der Waals surface area contributed by atoms with Gasteiger partial charge < -0.3 is 8.60 Å². The highest BCUT2D eigenvalue weighted by Gasteiger charge is 2.48. The fourth-order valence-electron chi connectivity index (χ4n) is 2.35. The van der Waals surface area contributed by atoms with Crippen molar-refractivity contribution in [1.29, 1.82) is 0 Å². The summed E-state index contributed by atoms with van der Waals surface area (Å²) in [6, 6.07) is 4.73. The maximum Gasteiger partial charge on any atom is 0.534 e. The van der Waals surface area contributed by atoms with E-state index in [9.17, 15) is 26.4 Å². The predicted molar refractivity (Wildman–Crippen MR) is 78.0 cm³/mol. The molecular formula is C14H12F3NO5S. The van der Waals surface area contributed by atoms with E-state index < -0.39 is 27.0 Å². The fraction of sp³-hybridized carbons (Fsp3) is 0.357. The smallest absolute Gasteiger partial charge is 0.423 e. The summed E-state index contributed by atoms with van der Waals surface area (Å²) in [5.41, 5.74) is -5.59. The van der Waals surface area contributed by atoms with Crippen molar-refractivity contribution in [3.8, 4) is 5.75 Å². The van der Waals surface area contributed by atoms with Crippen molar-refractivity contribution in [1.82, 2.24) is 4.90 Å². The molecule has 0 atom stereocenters. The Labute approximate surface area is 134 Å². The first kappa shape index (κ1) is 16.8. The zero-order valence-corrected chi connectivity index (χ0v) is 13.0. The summed E-state index contributed by atoms with van der Waals surface area (Å²) in [5.74, 6) is -0.580. The summed E-state index contributed by atoms with van der Waals surface area (Å²) >= 11 is 0. The molecule has 0 radical (unpaired) electrons. The Bertz CT molecular complexity index is 932. The summed E-state index contributed by atoms with van der Waals surface area (Å²) in [4.78, 5) is 13.7. The van der Waals surface area contributed by atoms with Gasteiger partial charge in [0, 0.05) is 24.1 Å². The number of benzene rings is 1. The molecule has 1 saturated heterocycles. The molecule has 0 aliphatic carbocycles. The molecule has 2 heterocycles. The molecule has 0 spiro atoms. The molecule has 2 aromatic rings. The molecule has 24 heavy (non-hydrogen) atoms. The number of nitrogens with zero attached hydrogens (tertiary/aromatic N) is 1. The summed E-state index contributed by atoms with van der Waals surface area (Å²) in [6.45, 7) is 2.29. The Hall–Kier alpha value is -2.07. The van der Waals surface area contributed by atoms with E-state index in [1.54, 1.807) is 0 Å². The number of likely N-dealkylation sites (tertiary alicyclic amines) is 1. The highest BCUT2D eigenvalue weighted by atomic mass is 32.2. The van der Waals surface area contributed by atoms with E-state index in [2.05, 4.69) is 9.08 Å². The van der Waals surface area contributed by atoms with Gasteiger partial charge in [0.25, 0.3) is 0 Å². The van der Waals surface area contributed by atoms with Crippen LogP contribution in [0.15, 0.2) is 33.5 Å². The molecule has 6 nitrogen and oxygen atoms in total. The Kier molecular flexibility index (Phi) is 4.04. The predicted octanol–water partition coefficient (Wildman–Crippen LogP) is 2.23. The Morgan fingerprint density at radius 2 is 1.92 bits per heavy atom. The third kappa shape index (κ3) is 3.24. The number of hydrogen-bond acceptors (Lipinski definition) is 6. The molecule has 0 unspecified atom stereocenters. The Morgan fingerprint density at radius 3 is 2.50 bits per heavy atom. The van der Waals surface area contributed by atoms with E-state index in [0.29, 0.717) is 17.5 Å². The molecule has 3 rings (SSSR count). The van der Waals surface area contributed by atoms with Gasteiger partial charge >= 0.3 is 21.3 Å². The van der Waals surface area contributed by atoms with Gasteiger partial charge in [0.15, 0.2) is 0 Å². The van der Waals surface area contributed by atoms with Crippen molar-refractivity contribution < 1.29 is 30.2 Å². The van der Waals surface area contributed by atoms with Crippen LogP contribution < -0.4 is 9.81 Å². The molecule has 1 aromatic heterocycles. The summed E-state index contributed by atoms with van der Waals surface area (Å²) in [7, 11) is -5.78. The van der Waals surface area contributed by atoms with Gasteiger partial charge in [-0.3, -0.25) is 4.90 Å². The molecule has 0 N–H and O–H groups in total. The molecule has 1 aliphatic rings. The fourth-order valence-corrected chi connectivity index (χ4v) is 2.80. The van der Waals surface area contributed by atoms with Gasteiger partial charge in [-0.25, -0.2) is 4.79 Å². The first-order valence-corrected chi connectivity index (χ1v) is 8.36. The lowest BCUT2D eigenvalue weighted by Crippen LogP contribution is -2.36. The second kappa shape index (κ2) is 5.78. The van der Waals surface area contributed by atoms with Crippen LogP contribution in [0.5, 0.6) is 5.75 Å². The lowest BCUT2D eigenvalue weighted by molar-refractivity contribution is -0.0500. The summed E-state index contributed by atoms with van der Waals surface area (Å²) < 4.78 is 68.1. The van der Waals surface area contributed by atoms with Gasteiger partial charge in [0.05, 0.1) is 0 Å². The lowest BCUT2D eigenvalue weighted by Gasteiger charge is -2.30. The second-order valence-corrected chi connectivity index (χ2v) is 6.90. The monoisotopic (exact) mass is 363 g/mol. The van der Waals surface area contributed by atoms with Crippen molar-refractivity contribution in [3.05, 3.63) is 40.2 Å². The maximum atomic E-state index is 12.4. The Morgan fingerprint density at radius 1 is 1.21 bits per heavy atom. The second-order valence-electron chi connectivity index (χ2n) is 5.36. The number of fused-ring (bicyclic) bond motifs is 1. The van der Waals surface area contributed by atoms with Crippen LogP contribution in [0.4, 0.5) is 13.2 Å². The third-order valence-corrected chi connectivity index (χ3v) is 4.61. The minimum Gasteiger partial charge on any atom is -0.423 e. The van der Waals surface area contributed by atoms with Gasteiger partial charge in [-0.05, 0) is 37.2 Å². The normalized spacial score (nSPS) is 16.1. The number of hydrogen-bond donors (Lipinski definition) is 0. The van der Waals surface area contributed by atoms with E-state index in [0.717, 1.165) is 31.6 Å². The largest absolute Gasteiger partial charge is 0.534 e. The average molecular weight is 363 g/mol. The molecule has 1 aliphatic heterocycles. The maximum absolute atomic E-state index is 12.4. The van der Waals surface area contributed by atoms with Crippen LogP contribution >= 0.6 is 0 Å². The van der Waals surface area contributed by atoms with Crippen LogP contribution in [0.2, 0.25) is 0 Å². The van der Waals surface area contributed by atoms with E-state index in [-0.39, 0.29) is 5.58 Å². The SMILES string of the molecule is O=c1cc(CN2CCC2)c2ccc(OS(=O)(=O)C(F)(F)F)cc2o1. The van der Waals surface area contributed by atoms with Gasteiger partial charge in [-0.2, -0.15) is 21.6 Å². The molecule has 1 aromatic carbocycles. The number of alkyl halides is 3. The van der Waals surface area contributed by atoms with Gasteiger partial charge in [-0.15, -0.1) is 0 Å². The van der Waals surface area contributed by atoms with E-state index in [1.807, 2.05) is 0 Å². The molecule has 0 amide bonds. The summed E-state index contributed by atoms with van der Waals surface area (Å²) in [6.07, 6.45) is 1.06. The van der Waals surface area contributed by atoms with Crippen LogP contribution in [-0.2, 0) is 16.7 Å². The van der Waals surface area contributed by atoms with Crippen molar-refractivity contribution >= 4 is 21.1 Å². The highest BCUT2D eigenvalue weighted by molar-refractivity contribution is 7.88.